The number of hydrogen-bond acceptors (Lipinski definition) is 2. The molecule has 4 heteroatoms. The Balaban J connectivity index is 2.15. The number of rotatable bonds is 1. The molecule has 0 aromatic carbocycles. The summed E-state index contributed by atoms with van der Waals surface area (Å²) in [5.74, 6) is 0. The van der Waals surface area contributed by atoms with Crippen molar-refractivity contribution in [1.82, 2.24) is 0 Å². The van der Waals surface area contributed by atoms with Gasteiger partial charge in [0.25, 0.3) is 0 Å². The highest BCUT2D eigenvalue weighted by Crippen LogP contribution is 2.64. The minimum atomic E-state index is -3.23. The van der Waals surface area contributed by atoms with Crippen LogP contribution in [0, 0.1) is 5.41 Å². The SMILES string of the molecule is O=S(=O)(Cl)C1CC12CCC2. The van der Waals surface area contributed by atoms with Crippen LogP contribution in [0.2, 0.25) is 0 Å². The van der Waals surface area contributed by atoms with Crippen molar-refractivity contribution in [2.45, 2.75) is 30.9 Å². The van der Waals surface area contributed by atoms with E-state index in [2.05, 4.69) is 0 Å². The minimum absolute atomic E-state index is 0.153. The molecule has 1 atom stereocenters. The van der Waals surface area contributed by atoms with E-state index in [0.29, 0.717) is 0 Å². The van der Waals surface area contributed by atoms with Crippen molar-refractivity contribution in [3.05, 3.63) is 0 Å². The molecule has 0 heterocycles. The van der Waals surface area contributed by atoms with E-state index in [0.717, 1.165) is 19.3 Å². The maximum atomic E-state index is 10.8. The van der Waals surface area contributed by atoms with Crippen LogP contribution >= 0.6 is 10.7 Å². The summed E-state index contributed by atoms with van der Waals surface area (Å²) < 4.78 is 21.5. The zero-order valence-electron chi connectivity index (χ0n) is 5.51. The molecule has 2 saturated carbocycles. The molecule has 0 amide bonds. The maximum absolute atomic E-state index is 10.8. The predicted molar refractivity (Wildman–Crippen MR) is 39.5 cm³/mol. The van der Waals surface area contributed by atoms with Gasteiger partial charge in [-0.1, -0.05) is 6.42 Å². The maximum Gasteiger partial charge on any atom is 0.236 e. The minimum Gasteiger partial charge on any atom is -0.212 e. The number of halogens is 1. The van der Waals surface area contributed by atoms with E-state index in [1.165, 1.54) is 6.42 Å². The third kappa shape index (κ3) is 0.800. The Morgan fingerprint density at radius 3 is 2.10 bits per heavy atom. The van der Waals surface area contributed by atoms with Crippen molar-refractivity contribution < 1.29 is 8.42 Å². The van der Waals surface area contributed by atoms with E-state index in [-0.39, 0.29) is 10.7 Å². The van der Waals surface area contributed by atoms with Gasteiger partial charge in [-0.15, -0.1) is 0 Å². The summed E-state index contributed by atoms with van der Waals surface area (Å²) in [6.45, 7) is 0. The highest BCUT2D eigenvalue weighted by atomic mass is 35.7. The molecular formula is C6H9ClO2S. The topological polar surface area (TPSA) is 34.1 Å². The second-order valence-corrected chi connectivity index (χ2v) is 6.19. The summed E-state index contributed by atoms with van der Waals surface area (Å²) in [6.07, 6.45) is 4.15. The zero-order chi connectivity index (χ0) is 7.41. The lowest BCUT2D eigenvalue weighted by Gasteiger charge is -2.25. The van der Waals surface area contributed by atoms with Crippen LogP contribution in [0.1, 0.15) is 25.7 Å². The summed E-state index contributed by atoms with van der Waals surface area (Å²) in [7, 11) is 1.97. The third-order valence-corrected chi connectivity index (χ3v) is 4.80. The Kier molecular flexibility index (Phi) is 1.17. The van der Waals surface area contributed by atoms with Crippen molar-refractivity contribution in [3.63, 3.8) is 0 Å². The van der Waals surface area contributed by atoms with Gasteiger partial charge >= 0.3 is 0 Å². The predicted octanol–water partition coefficient (Wildman–Crippen LogP) is 1.50. The van der Waals surface area contributed by atoms with Gasteiger partial charge in [-0.2, -0.15) is 0 Å². The normalized spacial score (nSPS) is 35.5. The van der Waals surface area contributed by atoms with Crippen LogP contribution in [-0.2, 0) is 9.05 Å². The fourth-order valence-corrected chi connectivity index (χ4v) is 3.99. The van der Waals surface area contributed by atoms with Gasteiger partial charge < -0.3 is 0 Å². The Morgan fingerprint density at radius 2 is 2.00 bits per heavy atom. The van der Waals surface area contributed by atoms with Gasteiger partial charge in [0.05, 0.1) is 5.25 Å². The van der Waals surface area contributed by atoms with Crippen LogP contribution in [0.25, 0.3) is 0 Å². The molecule has 2 fully saturated rings. The molecule has 10 heavy (non-hydrogen) atoms. The third-order valence-electron chi connectivity index (χ3n) is 2.80. The zero-order valence-corrected chi connectivity index (χ0v) is 7.08. The van der Waals surface area contributed by atoms with Crippen molar-refractivity contribution in [1.29, 1.82) is 0 Å². The van der Waals surface area contributed by atoms with Crippen LogP contribution < -0.4 is 0 Å². The van der Waals surface area contributed by atoms with E-state index in [1.54, 1.807) is 0 Å². The van der Waals surface area contributed by atoms with Crippen molar-refractivity contribution >= 4 is 19.7 Å². The van der Waals surface area contributed by atoms with Crippen molar-refractivity contribution in [3.8, 4) is 0 Å². The first kappa shape index (κ1) is 6.92. The van der Waals surface area contributed by atoms with Gasteiger partial charge in [0.15, 0.2) is 0 Å². The van der Waals surface area contributed by atoms with E-state index >= 15 is 0 Å². The van der Waals surface area contributed by atoms with Crippen LogP contribution in [-0.4, -0.2) is 13.7 Å². The largest absolute Gasteiger partial charge is 0.236 e. The molecule has 0 aliphatic heterocycles. The smallest absolute Gasteiger partial charge is 0.212 e. The molecule has 1 spiro atoms. The van der Waals surface area contributed by atoms with Gasteiger partial charge in [0.1, 0.15) is 0 Å². The molecule has 0 radical (unpaired) electrons. The second kappa shape index (κ2) is 1.69. The monoisotopic (exact) mass is 180 g/mol. The fourth-order valence-electron chi connectivity index (χ4n) is 1.87. The Labute approximate surface area is 65.0 Å². The van der Waals surface area contributed by atoms with Gasteiger partial charge in [-0.3, -0.25) is 0 Å². The van der Waals surface area contributed by atoms with Crippen molar-refractivity contribution in [2.24, 2.45) is 5.41 Å². The lowest BCUT2D eigenvalue weighted by Crippen LogP contribution is -2.19. The summed E-state index contributed by atoms with van der Waals surface area (Å²) >= 11 is 0. The Morgan fingerprint density at radius 1 is 1.40 bits per heavy atom. The van der Waals surface area contributed by atoms with Gasteiger partial charge in [-0.25, -0.2) is 8.42 Å². The Bertz CT molecular complexity index is 253. The molecule has 2 aliphatic carbocycles. The average molecular weight is 181 g/mol. The Hall–Kier alpha value is 0.240. The molecule has 0 aromatic rings. The second-order valence-electron chi connectivity index (χ2n) is 3.38. The van der Waals surface area contributed by atoms with Crippen LogP contribution in [0.15, 0.2) is 0 Å². The first-order valence-electron chi connectivity index (χ1n) is 3.48. The molecule has 58 valence electrons. The van der Waals surface area contributed by atoms with E-state index in [4.69, 9.17) is 10.7 Å². The molecule has 2 rings (SSSR count). The molecule has 0 bridgehead atoms. The van der Waals surface area contributed by atoms with Crippen LogP contribution in [0.4, 0.5) is 0 Å². The van der Waals surface area contributed by atoms with E-state index < -0.39 is 9.05 Å². The summed E-state index contributed by atoms with van der Waals surface area (Å²) in [4.78, 5) is 0. The first-order chi connectivity index (χ1) is 4.55. The lowest BCUT2D eigenvalue weighted by molar-refractivity contribution is 0.290. The molecule has 2 aliphatic rings. The van der Waals surface area contributed by atoms with E-state index in [9.17, 15) is 8.42 Å². The highest BCUT2D eigenvalue weighted by molar-refractivity contribution is 8.14. The molecule has 2 nitrogen and oxygen atoms in total. The fraction of sp³-hybridized carbons (Fsp3) is 1.00. The summed E-state index contributed by atoms with van der Waals surface area (Å²) in [5.41, 5.74) is 0.153. The molecular weight excluding hydrogens is 172 g/mol. The van der Waals surface area contributed by atoms with Crippen molar-refractivity contribution in [2.75, 3.05) is 0 Å². The lowest BCUT2D eigenvalue weighted by atomic mass is 9.82. The quantitative estimate of drug-likeness (QED) is 0.574. The van der Waals surface area contributed by atoms with Gasteiger partial charge in [0, 0.05) is 10.7 Å². The van der Waals surface area contributed by atoms with Gasteiger partial charge in [-0.05, 0) is 24.7 Å². The molecule has 0 N–H and O–H groups in total. The summed E-state index contributed by atoms with van der Waals surface area (Å²) in [5, 5.41) is -0.199. The molecule has 0 aromatic heterocycles. The average Bonchev–Trinajstić information content (AvgIpc) is 2.30. The molecule has 0 saturated heterocycles. The van der Waals surface area contributed by atoms with E-state index in [1.807, 2.05) is 0 Å². The van der Waals surface area contributed by atoms with Crippen LogP contribution in [0.5, 0.6) is 0 Å². The first-order valence-corrected chi connectivity index (χ1v) is 5.85. The number of hydrogen-bond donors (Lipinski definition) is 0. The van der Waals surface area contributed by atoms with Gasteiger partial charge in [0.2, 0.25) is 9.05 Å². The van der Waals surface area contributed by atoms with Crippen LogP contribution in [0.3, 0.4) is 0 Å². The highest BCUT2D eigenvalue weighted by Gasteiger charge is 2.63. The summed E-state index contributed by atoms with van der Waals surface area (Å²) in [6, 6.07) is 0. The standard InChI is InChI=1S/C6H9ClO2S/c7-10(8,9)5-4-6(5)2-1-3-6/h5H,1-4H2. The molecule has 1 unspecified atom stereocenters.